The van der Waals surface area contributed by atoms with Crippen molar-refractivity contribution in [1.82, 2.24) is 19.8 Å². The number of nitrogens with zero attached hydrogens (tertiary/aromatic N) is 3. The lowest BCUT2D eigenvalue weighted by atomic mass is 9.97. The maximum atomic E-state index is 5.02. The Morgan fingerprint density at radius 1 is 1.17 bits per heavy atom. The van der Waals surface area contributed by atoms with Gasteiger partial charge in [-0.1, -0.05) is 12.1 Å². The first-order valence-corrected chi connectivity index (χ1v) is 9.26. The van der Waals surface area contributed by atoms with Crippen molar-refractivity contribution in [1.29, 1.82) is 0 Å². The lowest BCUT2D eigenvalue weighted by Gasteiger charge is -2.31. The van der Waals surface area contributed by atoms with Gasteiger partial charge in [0.1, 0.15) is 5.82 Å². The number of nitrogens with one attached hydrogen (secondary N) is 1. The predicted octanol–water partition coefficient (Wildman–Crippen LogP) is 3.61. The van der Waals surface area contributed by atoms with Gasteiger partial charge >= 0.3 is 0 Å². The Hall–Kier alpha value is -1.10. The molecule has 1 unspecified atom stereocenters. The molecule has 24 heavy (non-hydrogen) atoms. The molecule has 0 radical (unpaired) electrons. The van der Waals surface area contributed by atoms with Crippen molar-refractivity contribution in [3.8, 4) is 0 Å². The highest BCUT2D eigenvalue weighted by Gasteiger charge is 2.31. The molecule has 2 saturated heterocycles. The quantitative estimate of drug-likeness (QED) is 0.916. The van der Waals surface area contributed by atoms with Crippen molar-refractivity contribution >= 4 is 23.4 Å². The standard InChI is InChI=1S/C19H28N4.ClH/c1-2-23-17-7-4-3-6-16(17)21-19(23)18-8-5-13-22(18)14-15-9-11-20-12-10-15;/h3-4,6-7,15,18,20H,2,5,8-14H2,1H3;1H. The van der Waals surface area contributed by atoms with Gasteiger partial charge in [0.05, 0.1) is 17.1 Å². The molecule has 0 aliphatic carbocycles. The van der Waals surface area contributed by atoms with Gasteiger partial charge in [-0.05, 0) is 70.3 Å². The van der Waals surface area contributed by atoms with E-state index >= 15 is 0 Å². The van der Waals surface area contributed by atoms with Gasteiger partial charge in [-0.3, -0.25) is 4.90 Å². The zero-order valence-corrected chi connectivity index (χ0v) is 15.4. The van der Waals surface area contributed by atoms with Crippen molar-refractivity contribution in [2.45, 2.75) is 45.2 Å². The summed E-state index contributed by atoms with van der Waals surface area (Å²) in [7, 11) is 0. The fourth-order valence-corrected chi connectivity index (χ4v) is 4.41. The van der Waals surface area contributed by atoms with Gasteiger partial charge in [-0.2, -0.15) is 0 Å². The van der Waals surface area contributed by atoms with Crippen LogP contribution in [0.25, 0.3) is 11.0 Å². The van der Waals surface area contributed by atoms with Crippen LogP contribution >= 0.6 is 12.4 Å². The van der Waals surface area contributed by atoms with Crippen molar-refractivity contribution < 1.29 is 0 Å². The Bertz CT molecular complexity index is 662. The maximum Gasteiger partial charge on any atom is 0.127 e. The lowest BCUT2D eigenvalue weighted by molar-refractivity contribution is 0.185. The van der Waals surface area contributed by atoms with E-state index in [9.17, 15) is 0 Å². The Kier molecular flexibility index (Phi) is 5.80. The molecule has 4 nitrogen and oxygen atoms in total. The van der Waals surface area contributed by atoms with E-state index in [2.05, 4.69) is 46.0 Å². The Labute approximate surface area is 151 Å². The van der Waals surface area contributed by atoms with Crippen LogP contribution < -0.4 is 5.32 Å². The molecule has 1 aromatic heterocycles. The lowest BCUT2D eigenvalue weighted by Crippen LogP contribution is -2.36. The third-order valence-electron chi connectivity index (χ3n) is 5.61. The molecule has 1 N–H and O–H groups in total. The molecule has 1 aromatic carbocycles. The van der Waals surface area contributed by atoms with E-state index < -0.39 is 0 Å². The van der Waals surface area contributed by atoms with Crippen LogP contribution in [0.5, 0.6) is 0 Å². The summed E-state index contributed by atoms with van der Waals surface area (Å²) in [6, 6.07) is 9.10. The van der Waals surface area contributed by atoms with E-state index in [1.165, 1.54) is 63.2 Å². The van der Waals surface area contributed by atoms with Gasteiger partial charge in [0.25, 0.3) is 0 Å². The monoisotopic (exact) mass is 348 g/mol. The number of hydrogen-bond acceptors (Lipinski definition) is 3. The van der Waals surface area contributed by atoms with Crippen molar-refractivity contribution in [3.05, 3.63) is 30.1 Å². The van der Waals surface area contributed by atoms with Crippen LogP contribution in [-0.4, -0.2) is 40.6 Å². The maximum absolute atomic E-state index is 5.02. The number of hydrogen-bond donors (Lipinski definition) is 1. The van der Waals surface area contributed by atoms with Crippen LogP contribution in [0.15, 0.2) is 24.3 Å². The highest BCUT2D eigenvalue weighted by Crippen LogP contribution is 2.34. The number of benzene rings is 1. The van der Waals surface area contributed by atoms with Crippen molar-refractivity contribution in [2.75, 3.05) is 26.2 Å². The molecule has 0 spiro atoms. The molecule has 2 aliphatic heterocycles. The largest absolute Gasteiger partial charge is 0.327 e. The number of aromatic nitrogens is 2. The molecule has 0 saturated carbocycles. The molecule has 2 aromatic rings. The summed E-state index contributed by atoms with van der Waals surface area (Å²) in [5.41, 5.74) is 2.44. The molecule has 132 valence electrons. The van der Waals surface area contributed by atoms with E-state index in [0.29, 0.717) is 6.04 Å². The van der Waals surface area contributed by atoms with E-state index in [1.54, 1.807) is 0 Å². The molecule has 1 atom stereocenters. The minimum Gasteiger partial charge on any atom is -0.327 e. The Morgan fingerprint density at radius 3 is 2.75 bits per heavy atom. The molecule has 4 rings (SSSR count). The molecule has 3 heterocycles. The van der Waals surface area contributed by atoms with E-state index in [0.717, 1.165) is 18.0 Å². The molecule has 0 amide bonds. The van der Waals surface area contributed by atoms with Gasteiger partial charge in [0, 0.05) is 13.1 Å². The first kappa shape index (κ1) is 17.7. The second-order valence-corrected chi connectivity index (χ2v) is 7.05. The summed E-state index contributed by atoms with van der Waals surface area (Å²) < 4.78 is 2.43. The molecular formula is C19H29ClN4. The van der Waals surface area contributed by atoms with E-state index in [1.807, 2.05) is 0 Å². The summed E-state index contributed by atoms with van der Waals surface area (Å²) >= 11 is 0. The highest BCUT2D eigenvalue weighted by molar-refractivity contribution is 5.85. The number of aryl methyl sites for hydroxylation is 1. The fraction of sp³-hybridized carbons (Fsp3) is 0.632. The van der Waals surface area contributed by atoms with Crippen molar-refractivity contribution in [2.24, 2.45) is 5.92 Å². The minimum atomic E-state index is 0. The van der Waals surface area contributed by atoms with Crippen LogP contribution in [0.3, 0.4) is 0 Å². The minimum absolute atomic E-state index is 0. The second-order valence-electron chi connectivity index (χ2n) is 7.05. The average Bonchev–Trinajstić information content (AvgIpc) is 3.19. The van der Waals surface area contributed by atoms with Crippen LogP contribution in [0.4, 0.5) is 0 Å². The zero-order valence-electron chi connectivity index (χ0n) is 14.6. The van der Waals surface area contributed by atoms with Crippen LogP contribution in [-0.2, 0) is 6.54 Å². The number of fused-ring (bicyclic) bond motifs is 1. The average molecular weight is 349 g/mol. The third-order valence-corrected chi connectivity index (χ3v) is 5.61. The highest BCUT2D eigenvalue weighted by atomic mass is 35.5. The molecule has 0 bridgehead atoms. The smallest absolute Gasteiger partial charge is 0.127 e. The summed E-state index contributed by atoms with van der Waals surface area (Å²) in [4.78, 5) is 7.73. The molecule has 2 fully saturated rings. The number of halogens is 1. The third kappa shape index (κ3) is 3.32. The number of rotatable bonds is 4. The second kappa shape index (κ2) is 7.85. The Balaban J connectivity index is 0.00000169. The van der Waals surface area contributed by atoms with Crippen LogP contribution in [0, 0.1) is 5.92 Å². The van der Waals surface area contributed by atoms with Gasteiger partial charge in [-0.25, -0.2) is 4.98 Å². The first-order valence-electron chi connectivity index (χ1n) is 9.26. The van der Waals surface area contributed by atoms with Crippen LogP contribution in [0.1, 0.15) is 44.5 Å². The summed E-state index contributed by atoms with van der Waals surface area (Å²) in [6.07, 6.45) is 5.22. The van der Waals surface area contributed by atoms with Gasteiger partial charge in [0.2, 0.25) is 0 Å². The van der Waals surface area contributed by atoms with E-state index in [-0.39, 0.29) is 12.4 Å². The Morgan fingerprint density at radius 2 is 1.96 bits per heavy atom. The summed E-state index contributed by atoms with van der Waals surface area (Å²) in [5, 5.41) is 3.48. The normalized spacial score (nSPS) is 22.8. The first-order chi connectivity index (χ1) is 11.4. The molecular weight excluding hydrogens is 320 g/mol. The fourth-order valence-electron chi connectivity index (χ4n) is 4.41. The topological polar surface area (TPSA) is 33.1 Å². The van der Waals surface area contributed by atoms with Gasteiger partial charge < -0.3 is 9.88 Å². The van der Waals surface area contributed by atoms with E-state index in [4.69, 9.17) is 4.98 Å². The number of likely N-dealkylation sites (tertiary alicyclic amines) is 1. The SMILES string of the molecule is CCn1c(C2CCCN2CC2CCNCC2)nc2ccccc21.Cl. The molecule has 2 aliphatic rings. The number of para-hydroxylation sites is 2. The molecule has 5 heteroatoms. The zero-order chi connectivity index (χ0) is 15.6. The van der Waals surface area contributed by atoms with Crippen LogP contribution in [0.2, 0.25) is 0 Å². The van der Waals surface area contributed by atoms with Crippen molar-refractivity contribution in [3.63, 3.8) is 0 Å². The number of imidazole rings is 1. The summed E-state index contributed by atoms with van der Waals surface area (Å²) in [5.74, 6) is 2.15. The van der Waals surface area contributed by atoms with Gasteiger partial charge in [0.15, 0.2) is 0 Å². The summed E-state index contributed by atoms with van der Waals surface area (Å²) in [6.45, 7) is 8.12. The van der Waals surface area contributed by atoms with Gasteiger partial charge in [-0.15, -0.1) is 12.4 Å². The predicted molar refractivity (Wildman–Crippen MR) is 102 cm³/mol. The number of piperidine rings is 1.